The molecule has 3 aromatic rings. The highest BCUT2D eigenvalue weighted by Crippen LogP contribution is 2.30. The summed E-state index contributed by atoms with van der Waals surface area (Å²) >= 11 is 0. The van der Waals surface area contributed by atoms with Crippen LogP contribution in [-0.4, -0.2) is 17.8 Å². The number of carbonyl (C=O) groups is 2. The maximum atomic E-state index is 13.5. The Labute approximate surface area is 175 Å². The molecule has 1 aromatic heterocycles. The fraction of sp³-hybridized carbons (Fsp3) is 0.333. The largest absolute Gasteiger partial charge is 0.481 e. The van der Waals surface area contributed by atoms with Gasteiger partial charge in [0.2, 0.25) is 0 Å². The Morgan fingerprint density at radius 2 is 1.83 bits per heavy atom. The summed E-state index contributed by atoms with van der Waals surface area (Å²) in [6.45, 7) is 6.91. The van der Waals surface area contributed by atoms with Crippen molar-refractivity contribution in [1.82, 2.24) is 5.32 Å². The van der Waals surface area contributed by atoms with E-state index in [1.807, 2.05) is 26.0 Å². The maximum Gasteiger partial charge on any atom is 0.261 e. The fourth-order valence-corrected chi connectivity index (χ4v) is 3.33. The predicted molar refractivity (Wildman–Crippen MR) is 113 cm³/mol. The number of ether oxygens (including phenoxy) is 1. The molecule has 3 rings (SSSR count). The molecule has 0 saturated carbocycles. The first-order valence-corrected chi connectivity index (χ1v) is 9.98. The summed E-state index contributed by atoms with van der Waals surface area (Å²) in [5, 5.41) is 3.58. The number of nitrogens with one attached hydrogen (secondary N) is 1. The molecule has 5 nitrogen and oxygen atoms in total. The van der Waals surface area contributed by atoms with E-state index in [0.717, 1.165) is 11.1 Å². The zero-order valence-corrected chi connectivity index (χ0v) is 17.6. The number of furan rings is 1. The minimum Gasteiger partial charge on any atom is -0.481 e. The minimum absolute atomic E-state index is 0.152. The fourth-order valence-electron chi connectivity index (χ4n) is 3.33. The molecule has 1 amide bonds. The summed E-state index contributed by atoms with van der Waals surface area (Å²) in [7, 11) is 0. The minimum atomic E-state index is -0.711. The van der Waals surface area contributed by atoms with E-state index in [0.29, 0.717) is 35.3 Å². The lowest BCUT2D eigenvalue weighted by atomic mass is 10.1. The lowest BCUT2D eigenvalue weighted by Gasteiger charge is -2.18. The van der Waals surface area contributed by atoms with Crippen LogP contribution in [0.2, 0.25) is 0 Å². The number of Topliss-reactive ketones (excluding diaryl/α,β-unsaturated/α-hetero) is 1. The van der Waals surface area contributed by atoms with Gasteiger partial charge in [-0.15, -0.1) is 0 Å². The summed E-state index contributed by atoms with van der Waals surface area (Å²) in [6, 6.07) is 11.3. The van der Waals surface area contributed by atoms with Gasteiger partial charge in [0.1, 0.15) is 28.7 Å². The van der Waals surface area contributed by atoms with Gasteiger partial charge in [0.25, 0.3) is 5.91 Å². The molecule has 2 atom stereocenters. The molecule has 0 bridgehead atoms. The highest BCUT2D eigenvalue weighted by atomic mass is 19.1. The van der Waals surface area contributed by atoms with Crippen molar-refractivity contribution < 1.29 is 23.1 Å². The smallest absolute Gasteiger partial charge is 0.261 e. The number of benzene rings is 2. The second kappa shape index (κ2) is 9.11. The first kappa shape index (κ1) is 21.6. The molecule has 0 aliphatic rings. The zero-order valence-electron chi connectivity index (χ0n) is 17.6. The van der Waals surface area contributed by atoms with E-state index in [9.17, 15) is 14.0 Å². The average molecular weight is 411 g/mol. The molecular weight excluding hydrogens is 385 g/mol. The van der Waals surface area contributed by atoms with Crippen LogP contribution in [0, 0.1) is 12.7 Å². The SMILES string of the molecule is CC(=O)CCc1ccc(OC(C)C(=O)NC(C)c2oc3ccc(F)cc3c2C)cc1. The van der Waals surface area contributed by atoms with E-state index in [1.165, 1.54) is 12.1 Å². The number of fused-ring (bicyclic) bond motifs is 1. The number of aryl methyl sites for hydroxylation is 2. The van der Waals surface area contributed by atoms with Crippen molar-refractivity contribution >= 4 is 22.7 Å². The molecule has 0 aliphatic heterocycles. The van der Waals surface area contributed by atoms with Gasteiger partial charge in [0, 0.05) is 17.4 Å². The number of amides is 1. The Morgan fingerprint density at radius 1 is 1.13 bits per heavy atom. The molecule has 0 fully saturated rings. The van der Waals surface area contributed by atoms with Crippen molar-refractivity contribution in [3.63, 3.8) is 0 Å². The molecule has 1 heterocycles. The van der Waals surface area contributed by atoms with Crippen molar-refractivity contribution in [1.29, 1.82) is 0 Å². The van der Waals surface area contributed by atoms with Crippen LogP contribution < -0.4 is 10.1 Å². The van der Waals surface area contributed by atoms with Crippen LogP contribution >= 0.6 is 0 Å². The number of rotatable bonds is 8. The average Bonchev–Trinajstić information content (AvgIpc) is 3.03. The van der Waals surface area contributed by atoms with Gasteiger partial charge in [-0.25, -0.2) is 4.39 Å². The van der Waals surface area contributed by atoms with E-state index in [1.54, 1.807) is 32.0 Å². The number of ketones is 1. The monoisotopic (exact) mass is 411 g/mol. The standard InChI is InChI=1S/C24H26FNO4/c1-14(27)5-6-18-7-10-20(11-8-18)29-17(4)24(28)26-16(3)23-15(2)21-13-19(25)9-12-22(21)30-23/h7-13,16-17H,5-6H2,1-4H3,(H,26,28). The summed E-state index contributed by atoms with van der Waals surface area (Å²) in [6.07, 6.45) is 0.479. The Bertz CT molecular complexity index is 1060. The topological polar surface area (TPSA) is 68.5 Å². The van der Waals surface area contributed by atoms with Crippen molar-refractivity contribution in [2.24, 2.45) is 0 Å². The third-order valence-corrected chi connectivity index (χ3v) is 5.06. The van der Waals surface area contributed by atoms with E-state index >= 15 is 0 Å². The summed E-state index contributed by atoms with van der Waals surface area (Å²) in [4.78, 5) is 23.7. The molecule has 1 N–H and O–H groups in total. The van der Waals surface area contributed by atoms with Gasteiger partial charge in [0.15, 0.2) is 6.10 Å². The Hall–Kier alpha value is -3.15. The number of hydrogen-bond donors (Lipinski definition) is 1. The van der Waals surface area contributed by atoms with Crippen molar-refractivity contribution in [3.05, 3.63) is 65.2 Å². The molecule has 158 valence electrons. The molecular formula is C24H26FNO4. The van der Waals surface area contributed by atoms with Gasteiger partial charge in [-0.1, -0.05) is 12.1 Å². The van der Waals surface area contributed by atoms with Crippen LogP contribution in [0.1, 0.15) is 50.1 Å². The van der Waals surface area contributed by atoms with E-state index in [-0.39, 0.29) is 17.5 Å². The van der Waals surface area contributed by atoms with Crippen LogP contribution in [-0.2, 0) is 16.0 Å². The highest BCUT2D eigenvalue weighted by molar-refractivity contribution is 5.84. The van der Waals surface area contributed by atoms with Gasteiger partial charge < -0.3 is 19.3 Å². The molecule has 0 radical (unpaired) electrons. The molecule has 0 saturated heterocycles. The molecule has 2 unspecified atom stereocenters. The molecule has 6 heteroatoms. The lowest BCUT2D eigenvalue weighted by molar-refractivity contribution is -0.128. The van der Waals surface area contributed by atoms with Crippen molar-refractivity contribution in [2.75, 3.05) is 0 Å². The summed E-state index contributed by atoms with van der Waals surface area (Å²) < 4.78 is 25.1. The lowest BCUT2D eigenvalue weighted by Crippen LogP contribution is -2.37. The zero-order chi connectivity index (χ0) is 21.8. The summed E-state index contributed by atoms with van der Waals surface area (Å²) in [5.41, 5.74) is 2.42. The van der Waals surface area contributed by atoms with Crippen LogP contribution in [0.5, 0.6) is 5.75 Å². The third-order valence-electron chi connectivity index (χ3n) is 5.06. The molecule has 2 aromatic carbocycles. The third kappa shape index (κ3) is 5.06. The highest BCUT2D eigenvalue weighted by Gasteiger charge is 2.22. The van der Waals surface area contributed by atoms with Gasteiger partial charge in [-0.2, -0.15) is 0 Å². The molecule has 30 heavy (non-hydrogen) atoms. The summed E-state index contributed by atoms with van der Waals surface area (Å²) in [5.74, 6) is 0.705. The van der Waals surface area contributed by atoms with Gasteiger partial charge in [0.05, 0.1) is 6.04 Å². The normalized spacial score (nSPS) is 13.1. The van der Waals surface area contributed by atoms with Crippen LogP contribution in [0.4, 0.5) is 4.39 Å². The number of carbonyl (C=O) groups excluding carboxylic acids is 2. The van der Waals surface area contributed by atoms with E-state index in [2.05, 4.69) is 5.32 Å². The number of hydrogen-bond acceptors (Lipinski definition) is 4. The molecule has 0 aliphatic carbocycles. The van der Waals surface area contributed by atoms with E-state index < -0.39 is 12.1 Å². The quantitative estimate of drug-likeness (QED) is 0.563. The van der Waals surface area contributed by atoms with Crippen LogP contribution in [0.25, 0.3) is 11.0 Å². The Kier molecular flexibility index (Phi) is 6.55. The number of halogens is 1. The van der Waals surface area contributed by atoms with E-state index in [4.69, 9.17) is 9.15 Å². The molecule has 0 spiro atoms. The first-order chi connectivity index (χ1) is 14.2. The Morgan fingerprint density at radius 3 is 2.50 bits per heavy atom. The Balaban J connectivity index is 1.61. The van der Waals surface area contributed by atoms with Gasteiger partial charge in [-0.3, -0.25) is 4.79 Å². The van der Waals surface area contributed by atoms with Gasteiger partial charge in [-0.05, 0) is 70.0 Å². The maximum absolute atomic E-state index is 13.5. The van der Waals surface area contributed by atoms with Crippen molar-refractivity contribution in [3.8, 4) is 5.75 Å². The second-order valence-electron chi connectivity index (χ2n) is 7.57. The predicted octanol–water partition coefficient (Wildman–Crippen LogP) is 5.05. The van der Waals surface area contributed by atoms with Crippen molar-refractivity contribution in [2.45, 2.75) is 52.7 Å². The second-order valence-corrected chi connectivity index (χ2v) is 7.57. The van der Waals surface area contributed by atoms with Gasteiger partial charge >= 0.3 is 0 Å². The van der Waals surface area contributed by atoms with Crippen LogP contribution in [0.3, 0.4) is 0 Å². The first-order valence-electron chi connectivity index (χ1n) is 9.98. The van der Waals surface area contributed by atoms with Crippen LogP contribution in [0.15, 0.2) is 46.9 Å².